The summed E-state index contributed by atoms with van der Waals surface area (Å²) in [5, 5.41) is 7.34. The van der Waals surface area contributed by atoms with Crippen LogP contribution in [0, 0.1) is 0 Å². The minimum atomic E-state index is -0.478. The molecule has 20 heavy (non-hydrogen) atoms. The van der Waals surface area contributed by atoms with Gasteiger partial charge in [0.25, 0.3) is 5.22 Å². The van der Waals surface area contributed by atoms with Gasteiger partial charge in [-0.05, 0) is 12.8 Å². The third-order valence-electron chi connectivity index (χ3n) is 3.32. The predicted octanol–water partition coefficient (Wildman–Crippen LogP) is 0.936. The van der Waals surface area contributed by atoms with E-state index in [1.54, 1.807) is 0 Å². The predicted molar refractivity (Wildman–Crippen MR) is 72.7 cm³/mol. The van der Waals surface area contributed by atoms with E-state index in [0.717, 1.165) is 24.6 Å². The average Bonchev–Trinajstić information content (AvgIpc) is 3.00. The molecule has 0 aromatic carbocycles. The van der Waals surface area contributed by atoms with E-state index >= 15 is 0 Å². The number of carbonyl (C=O) groups excluding carboxylic acids is 2. The van der Waals surface area contributed by atoms with Crippen LogP contribution in [0.4, 0.5) is 0 Å². The topological polar surface area (TPSA) is 102 Å². The van der Waals surface area contributed by atoms with E-state index in [1.165, 1.54) is 4.90 Å². The second kappa shape index (κ2) is 6.36. The maximum absolute atomic E-state index is 12.3. The summed E-state index contributed by atoms with van der Waals surface area (Å²) in [7, 11) is 0. The van der Waals surface area contributed by atoms with E-state index in [4.69, 9.17) is 10.2 Å². The van der Waals surface area contributed by atoms with Gasteiger partial charge in [0.1, 0.15) is 5.25 Å². The molecule has 2 N–H and O–H groups in total. The van der Waals surface area contributed by atoms with Crippen LogP contribution in [0.15, 0.2) is 9.64 Å². The number of nitrogens with zero attached hydrogens (tertiary/aromatic N) is 3. The van der Waals surface area contributed by atoms with Crippen molar-refractivity contribution in [3.05, 3.63) is 5.89 Å². The lowest BCUT2D eigenvalue weighted by atomic mass is 10.1. The zero-order valence-corrected chi connectivity index (χ0v) is 12.4. The fourth-order valence-corrected chi connectivity index (χ4v) is 3.16. The number of nitrogens with two attached hydrogens (primary N) is 1. The summed E-state index contributed by atoms with van der Waals surface area (Å²) in [4.78, 5) is 25.7. The molecule has 8 heteroatoms. The zero-order valence-electron chi connectivity index (χ0n) is 11.5. The third-order valence-corrected chi connectivity index (χ3v) is 4.33. The Kier molecular flexibility index (Phi) is 4.77. The zero-order chi connectivity index (χ0) is 14.7. The van der Waals surface area contributed by atoms with E-state index in [0.29, 0.717) is 5.89 Å². The van der Waals surface area contributed by atoms with Gasteiger partial charge >= 0.3 is 0 Å². The van der Waals surface area contributed by atoms with Gasteiger partial charge in [0.05, 0.1) is 6.54 Å². The molecule has 2 amide bonds. The van der Waals surface area contributed by atoms with Gasteiger partial charge in [0.15, 0.2) is 0 Å². The van der Waals surface area contributed by atoms with E-state index in [1.807, 2.05) is 13.8 Å². The van der Waals surface area contributed by atoms with Crippen LogP contribution in [0.25, 0.3) is 0 Å². The van der Waals surface area contributed by atoms with Gasteiger partial charge in [-0.1, -0.05) is 25.6 Å². The van der Waals surface area contributed by atoms with E-state index in [2.05, 4.69) is 10.2 Å². The normalized spacial score (nSPS) is 19.4. The number of hydrogen-bond acceptors (Lipinski definition) is 7. The monoisotopic (exact) mass is 298 g/mol. The number of carbonyl (C=O) groups is 2. The van der Waals surface area contributed by atoms with Crippen molar-refractivity contribution in [3.8, 4) is 0 Å². The van der Waals surface area contributed by atoms with Crippen LogP contribution in [-0.4, -0.2) is 38.2 Å². The van der Waals surface area contributed by atoms with Crippen LogP contribution in [0.5, 0.6) is 0 Å². The highest BCUT2D eigenvalue weighted by atomic mass is 32.2. The summed E-state index contributed by atoms with van der Waals surface area (Å²) in [5.41, 5.74) is 5.38. The van der Waals surface area contributed by atoms with Gasteiger partial charge in [-0.2, -0.15) is 0 Å². The minimum Gasteiger partial charge on any atom is -0.415 e. The van der Waals surface area contributed by atoms with Crippen molar-refractivity contribution in [2.45, 2.75) is 56.2 Å². The Morgan fingerprint density at radius 2 is 2.10 bits per heavy atom. The third kappa shape index (κ3) is 2.85. The molecule has 1 aromatic heterocycles. The molecule has 110 valence electrons. The lowest BCUT2D eigenvalue weighted by Gasteiger charge is -2.23. The van der Waals surface area contributed by atoms with Crippen molar-refractivity contribution < 1.29 is 14.0 Å². The van der Waals surface area contributed by atoms with Crippen molar-refractivity contribution >= 4 is 23.6 Å². The summed E-state index contributed by atoms with van der Waals surface area (Å²) in [5.74, 6) is 0.0297. The molecule has 0 aliphatic carbocycles. The molecular weight excluding hydrogens is 280 g/mol. The van der Waals surface area contributed by atoms with Gasteiger partial charge in [-0.25, -0.2) is 0 Å². The Bertz CT molecular complexity index is 501. The molecule has 1 aromatic rings. The Morgan fingerprint density at radius 3 is 2.65 bits per heavy atom. The Morgan fingerprint density at radius 1 is 1.40 bits per heavy atom. The molecule has 1 fully saturated rings. The molecule has 2 heterocycles. The molecule has 7 nitrogen and oxygen atoms in total. The number of hydrogen-bond donors (Lipinski definition) is 1. The SMILES string of the molecule is CCC(CC)N1C(=O)CC(Sc2nnc(CN)o2)C1=O. The van der Waals surface area contributed by atoms with E-state index < -0.39 is 5.25 Å². The lowest BCUT2D eigenvalue weighted by molar-refractivity contribution is -0.141. The second-order valence-electron chi connectivity index (χ2n) is 4.55. The van der Waals surface area contributed by atoms with Crippen LogP contribution in [0.1, 0.15) is 39.0 Å². The smallest absolute Gasteiger partial charge is 0.277 e. The molecule has 1 unspecified atom stereocenters. The number of thioether (sulfide) groups is 1. The number of rotatable bonds is 6. The molecule has 0 radical (unpaired) electrons. The Labute approximate surface area is 121 Å². The lowest BCUT2D eigenvalue weighted by Crippen LogP contribution is -2.40. The Balaban J connectivity index is 2.07. The number of amides is 2. The molecule has 0 spiro atoms. The second-order valence-corrected chi connectivity index (χ2v) is 5.70. The highest BCUT2D eigenvalue weighted by Gasteiger charge is 2.42. The first-order chi connectivity index (χ1) is 9.60. The highest BCUT2D eigenvalue weighted by molar-refractivity contribution is 8.00. The molecule has 2 rings (SSSR count). The first-order valence-corrected chi connectivity index (χ1v) is 7.53. The molecule has 1 aliphatic heterocycles. The average molecular weight is 298 g/mol. The Hall–Kier alpha value is -1.41. The number of imide groups is 1. The van der Waals surface area contributed by atoms with Crippen LogP contribution < -0.4 is 5.73 Å². The number of likely N-dealkylation sites (tertiary alicyclic amines) is 1. The van der Waals surface area contributed by atoms with Crippen LogP contribution in [0.3, 0.4) is 0 Å². The van der Waals surface area contributed by atoms with Gasteiger partial charge in [0.2, 0.25) is 17.7 Å². The summed E-state index contributed by atoms with van der Waals surface area (Å²) in [6.45, 7) is 4.10. The molecule has 0 bridgehead atoms. The van der Waals surface area contributed by atoms with E-state index in [9.17, 15) is 9.59 Å². The maximum Gasteiger partial charge on any atom is 0.277 e. The standard InChI is InChI=1S/C12H18N4O3S/c1-3-7(4-2)16-10(17)5-8(11(16)18)20-12-15-14-9(6-13)19-12/h7-8H,3-6,13H2,1-2H3. The van der Waals surface area contributed by atoms with Gasteiger partial charge in [0, 0.05) is 12.5 Å². The molecule has 1 saturated heterocycles. The van der Waals surface area contributed by atoms with Crippen LogP contribution in [0.2, 0.25) is 0 Å². The summed E-state index contributed by atoms with van der Waals surface area (Å²) in [6, 6.07) is -0.0251. The van der Waals surface area contributed by atoms with Crippen molar-refractivity contribution in [2.75, 3.05) is 0 Å². The maximum atomic E-state index is 12.3. The van der Waals surface area contributed by atoms with Gasteiger partial charge < -0.3 is 10.2 Å². The quantitative estimate of drug-likeness (QED) is 0.779. The van der Waals surface area contributed by atoms with Crippen LogP contribution in [-0.2, 0) is 16.1 Å². The van der Waals surface area contributed by atoms with E-state index in [-0.39, 0.29) is 36.0 Å². The largest absolute Gasteiger partial charge is 0.415 e. The summed E-state index contributed by atoms with van der Waals surface area (Å²) < 4.78 is 5.26. The van der Waals surface area contributed by atoms with Crippen molar-refractivity contribution in [3.63, 3.8) is 0 Å². The molecular formula is C12H18N4O3S. The molecule has 1 atom stereocenters. The van der Waals surface area contributed by atoms with Crippen molar-refractivity contribution in [1.82, 2.24) is 15.1 Å². The fraction of sp³-hybridized carbons (Fsp3) is 0.667. The molecule has 0 saturated carbocycles. The van der Waals surface area contributed by atoms with Crippen molar-refractivity contribution in [2.24, 2.45) is 5.73 Å². The summed E-state index contributed by atoms with van der Waals surface area (Å²) in [6.07, 6.45) is 1.72. The summed E-state index contributed by atoms with van der Waals surface area (Å²) >= 11 is 1.13. The highest BCUT2D eigenvalue weighted by Crippen LogP contribution is 2.32. The first kappa shape index (κ1) is 15.0. The fourth-order valence-electron chi connectivity index (χ4n) is 2.24. The van der Waals surface area contributed by atoms with Gasteiger partial charge in [-0.3, -0.25) is 14.5 Å². The van der Waals surface area contributed by atoms with Gasteiger partial charge in [-0.15, -0.1) is 10.2 Å². The first-order valence-electron chi connectivity index (χ1n) is 6.65. The number of aromatic nitrogens is 2. The minimum absolute atomic E-state index is 0.0251. The van der Waals surface area contributed by atoms with Crippen molar-refractivity contribution in [1.29, 1.82) is 0 Å². The van der Waals surface area contributed by atoms with Crippen LogP contribution >= 0.6 is 11.8 Å². The molecule has 1 aliphatic rings.